The summed E-state index contributed by atoms with van der Waals surface area (Å²) in [6, 6.07) is 9.86. The molecular formula is C14H16N2O2. The van der Waals surface area contributed by atoms with Crippen molar-refractivity contribution in [2.75, 3.05) is 6.61 Å². The summed E-state index contributed by atoms with van der Waals surface area (Å²) in [5.74, 6) is 0.611. The van der Waals surface area contributed by atoms with Gasteiger partial charge in [-0.25, -0.2) is 9.97 Å². The minimum absolute atomic E-state index is 0.0507. The van der Waals surface area contributed by atoms with Crippen LogP contribution in [-0.2, 0) is 11.3 Å². The van der Waals surface area contributed by atoms with Crippen molar-refractivity contribution < 1.29 is 9.84 Å². The van der Waals surface area contributed by atoms with Gasteiger partial charge in [0.1, 0.15) is 6.10 Å². The fraction of sp³-hybridized carbons (Fsp3) is 0.286. The van der Waals surface area contributed by atoms with Crippen LogP contribution in [0.4, 0.5) is 0 Å². The number of aliphatic hydroxyl groups is 1. The predicted molar refractivity (Wildman–Crippen MR) is 67.9 cm³/mol. The van der Waals surface area contributed by atoms with Gasteiger partial charge in [0.25, 0.3) is 0 Å². The van der Waals surface area contributed by atoms with Crippen LogP contribution < -0.4 is 0 Å². The van der Waals surface area contributed by atoms with Gasteiger partial charge in [-0.2, -0.15) is 0 Å². The number of rotatable bonds is 5. The third kappa shape index (κ3) is 2.91. The molecule has 1 unspecified atom stereocenters. The van der Waals surface area contributed by atoms with Crippen LogP contribution in [-0.4, -0.2) is 21.7 Å². The maximum Gasteiger partial charge on any atom is 0.161 e. The van der Waals surface area contributed by atoms with Crippen molar-refractivity contribution >= 4 is 0 Å². The number of aromatic nitrogens is 2. The van der Waals surface area contributed by atoms with Crippen molar-refractivity contribution in [2.45, 2.75) is 19.6 Å². The molecule has 0 aliphatic rings. The first-order valence-electron chi connectivity index (χ1n) is 5.93. The van der Waals surface area contributed by atoms with E-state index < -0.39 is 0 Å². The minimum atomic E-state index is -0.260. The highest BCUT2D eigenvalue weighted by Gasteiger charge is 2.16. The molecule has 0 aliphatic carbocycles. The van der Waals surface area contributed by atoms with Gasteiger partial charge >= 0.3 is 0 Å². The van der Waals surface area contributed by atoms with E-state index in [1.807, 2.05) is 37.3 Å². The molecule has 0 radical (unpaired) electrons. The molecule has 0 aliphatic heterocycles. The molecule has 0 spiro atoms. The second-order valence-corrected chi connectivity index (χ2v) is 3.85. The van der Waals surface area contributed by atoms with Crippen LogP contribution >= 0.6 is 0 Å². The molecule has 1 N–H and O–H groups in total. The van der Waals surface area contributed by atoms with Crippen molar-refractivity contribution in [3.8, 4) is 0 Å². The molecule has 2 rings (SSSR count). The van der Waals surface area contributed by atoms with E-state index in [9.17, 15) is 0 Å². The number of hydrogen-bond donors (Lipinski definition) is 1. The van der Waals surface area contributed by atoms with Gasteiger partial charge in [-0.15, -0.1) is 0 Å². The molecule has 2 aromatic rings. The van der Waals surface area contributed by atoms with Crippen molar-refractivity contribution in [3.63, 3.8) is 0 Å². The lowest BCUT2D eigenvalue weighted by Crippen LogP contribution is -2.10. The number of nitrogens with zero attached hydrogens (tertiary/aromatic N) is 2. The predicted octanol–water partition coefficient (Wildman–Crippen LogP) is 2.09. The van der Waals surface area contributed by atoms with Gasteiger partial charge in [0.15, 0.2) is 5.82 Å². The van der Waals surface area contributed by atoms with Crippen LogP contribution in [0.1, 0.15) is 30.0 Å². The van der Waals surface area contributed by atoms with Crippen molar-refractivity contribution in [1.29, 1.82) is 0 Å². The lowest BCUT2D eigenvalue weighted by atomic mass is 10.1. The van der Waals surface area contributed by atoms with Crippen LogP contribution in [0, 0.1) is 0 Å². The highest BCUT2D eigenvalue weighted by atomic mass is 16.5. The average molecular weight is 244 g/mol. The summed E-state index contributed by atoms with van der Waals surface area (Å²) in [6.45, 7) is 2.48. The third-order valence-corrected chi connectivity index (χ3v) is 2.58. The molecule has 1 aromatic heterocycles. The van der Waals surface area contributed by atoms with Crippen LogP contribution in [0.25, 0.3) is 0 Å². The zero-order valence-corrected chi connectivity index (χ0v) is 10.3. The van der Waals surface area contributed by atoms with E-state index in [-0.39, 0.29) is 12.7 Å². The summed E-state index contributed by atoms with van der Waals surface area (Å²) in [7, 11) is 0. The van der Waals surface area contributed by atoms with Crippen molar-refractivity contribution in [1.82, 2.24) is 9.97 Å². The Morgan fingerprint density at radius 2 is 1.83 bits per heavy atom. The van der Waals surface area contributed by atoms with Gasteiger partial charge in [0.05, 0.1) is 6.61 Å². The van der Waals surface area contributed by atoms with E-state index in [4.69, 9.17) is 9.84 Å². The van der Waals surface area contributed by atoms with Crippen LogP contribution in [0.2, 0.25) is 0 Å². The third-order valence-electron chi connectivity index (χ3n) is 2.58. The first kappa shape index (κ1) is 12.7. The molecule has 4 nitrogen and oxygen atoms in total. The van der Waals surface area contributed by atoms with Crippen molar-refractivity contribution in [2.24, 2.45) is 0 Å². The largest absolute Gasteiger partial charge is 0.392 e. The lowest BCUT2D eigenvalue weighted by Gasteiger charge is -2.16. The quantitative estimate of drug-likeness (QED) is 0.875. The zero-order chi connectivity index (χ0) is 12.8. The Morgan fingerprint density at radius 1 is 1.17 bits per heavy atom. The smallest absolute Gasteiger partial charge is 0.161 e. The summed E-state index contributed by atoms with van der Waals surface area (Å²) >= 11 is 0. The van der Waals surface area contributed by atoms with E-state index in [0.717, 1.165) is 5.56 Å². The summed E-state index contributed by atoms with van der Waals surface area (Å²) in [6.07, 6.45) is 2.98. The number of hydrogen-bond acceptors (Lipinski definition) is 4. The topological polar surface area (TPSA) is 55.2 Å². The fourth-order valence-electron chi connectivity index (χ4n) is 1.70. The highest BCUT2D eigenvalue weighted by molar-refractivity contribution is 5.23. The van der Waals surface area contributed by atoms with Gasteiger partial charge in [-0.1, -0.05) is 30.3 Å². The molecule has 0 bridgehead atoms. The zero-order valence-electron chi connectivity index (χ0n) is 10.3. The Hall–Kier alpha value is -1.78. The fourth-order valence-corrected chi connectivity index (χ4v) is 1.70. The molecule has 1 atom stereocenters. The SMILES string of the molecule is CCOC(c1ccccc1)c1ncc(CO)cn1. The number of benzene rings is 1. The normalized spacial score (nSPS) is 12.3. The summed E-state index contributed by atoms with van der Waals surface area (Å²) < 4.78 is 5.70. The highest BCUT2D eigenvalue weighted by Crippen LogP contribution is 2.22. The van der Waals surface area contributed by atoms with E-state index in [1.165, 1.54) is 0 Å². The summed E-state index contributed by atoms with van der Waals surface area (Å²) in [5.41, 5.74) is 1.72. The molecule has 0 saturated carbocycles. The second kappa shape index (κ2) is 6.23. The van der Waals surface area contributed by atoms with Crippen molar-refractivity contribution in [3.05, 3.63) is 59.7 Å². The standard InChI is InChI=1S/C14H16N2O2/c1-2-18-13(12-6-4-3-5-7-12)14-15-8-11(10-17)9-16-14/h3-9,13,17H,2,10H2,1H3. The lowest BCUT2D eigenvalue weighted by molar-refractivity contribution is 0.0850. The van der Waals surface area contributed by atoms with E-state index in [2.05, 4.69) is 9.97 Å². The Balaban J connectivity index is 2.29. The number of aliphatic hydroxyl groups excluding tert-OH is 1. The maximum atomic E-state index is 8.98. The number of ether oxygens (including phenoxy) is 1. The van der Waals surface area contributed by atoms with Gasteiger partial charge in [-0.05, 0) is 12.5 Å². The van der Waals surface area contributed by atoms with Crippen LogP contribution in [0.3, 0.4) is 0 Å². The first-order chi connectivity index (χ1) is 8.85. The van der Waals surface area contributed by atoms with Gasteiger partial charge in [0.2, 0.25) is 0 Å². The molecule has 1 aromatic carbocycles. The van der Waals surface area contributed by atoms with Gasteiger partial charge in [0, 0.05) is 24.6 Å². The molecule has 4 heteroatoms. The summed E-state index contributed by atoms with van der Waals surface area (Å²) in [4.78, 5) is 8.50. The second-order valence-electron chi connectivity index (χ2n) is 3.85. The molecule has 1 heterocycles. The Bertz CT molecular complexity index is 471. The van der Waals surface area contributed by atoms with E-state index >= 15 is 0 Å². The Labute approximate surface area is 106 Å². The Morgan fingerprint density at radius 3 is 2.39 bits per heavy atom. The average Bonchev–Trinajstić information content (AvgIpc) is 2.46. The molecule has 0 fully saturated rings. The monoisotopic (exact) mass is 244 g/mol. The molecule has 18 heavy (non-hydrogen) atoms. The molecule has 0 saturated heterocycles. The minimum Gasteiger partial charge on any atom is -0.392 e. The van der Waals surface area contributed by atoms with Crippen LogP contribution in [0.5, 0.6) is 0 Å². The Kier molecular flexibility index (Phi) is 4.39. The maximum absolute atomic E-state index is 8.98. The molecule has 0 amide bonds. The molecule has 94 valence electrons. The van der Waals surface area contributed by atoms with E-state index in [1.54, 1.807) is 12.4 Å². The first-order valence-corrected chi connectivity index (χ1v) is 5.93. The van der Waals surface area contributed by atoms with E-state index in [0.29, 0.717) is 18.0 Å². The van der Waals surface area contributed by atoms with Crippen LogP contribution in [0.15, 0.2) is 42.7 Å². The molecular weight excluding hydrogens is 228 g/mol. The van der Waals surface area contributed by atoms with Gasteiger partial charge in [-0.3, -0.25) is 0 Å². The summed E-state index contributed by atoms with van der Waals surface area (Å²) in [5, 5.41) is 8.98. The van der Waals surface area contributed by atoms with Gasteiger partial charge < -0.3 is 9.84 Å².